The third kappa shape index (κ3) is 2.38. The second-order valence-corrected chi connectivity index (χ2v) is 2.88. The molecule has 0 aromatic carbocycles. The number of ether oxygens (including phenoxy) is 1. The third-order valence-corrected chi connectivity index (χ3v) is 1.90. The second kappa shape index (κ2) is 3.57. The van der Waals surface area contributed by atoms with E-state index in [1.165, 1.54) is 7.11 Å². The van der Waals surface area contributed by atoms with Crippen LogP contribution in [0.5, 0.6) is 0 Å². The standard InChI is InChI=1S/C7H14N2O2/c1-9-4-3-6(5-9)8-7(10)11-2/h6H,3-5H2,1-2H3,(H,8,10)/t6-/m1/s1. The van der Waals surface area contributed by atoms with Crippen molar-refractivity contribution >= 4 is 6.09 Å². The zero-order valence-corrected chi connectivity index (χ0v) is 6.96. The first kappa shape index (κ1) is 8.33. The van der Waals surface area contributed by atoms with E-state index in [4.69, 9.17) is 0 Å². The molecule has 4 heteroatoms. The van der Waals surface area contributed by atoms with Gasteiger partial charge in [-0.25, -0.2) is 4.79 Å². The van der Waals surface area contributed by atoms with E-state index >= 15 is 0 Å². The fourth-order valence-corrected chi connectivity index (χ4v) is 1.28. The van der Waals surface area contributed by atoms with E-state index in [-0.39, 0.29) is 12.1 Å². The first-order valence-corrected chi connectivity index (χ1v) is 3.75. The summed E-state index contributed by atoms with van der Waals surface area (Å²) in [6.45, 7) is 1.98. The van der Waals surface area contributed by atoms with E-state index in [1.54, 1.807) is 0 Å². The number of likely N-dealkylation sites (tertiary alicyclic amines) is 1. The third-order valence-electron chi connectivity index (χ3n) is 1.90. The van der Waals surface area contributed by atoms with Gasteiger partial charge in [-0.2, -0.15) is 0 Å². The van der Waals surface area contributed by atoms with Crippen LogP contribution in [0.2, 0.25) is 0 Å². The van der Waals surface area contributed by atoms with Gasteiger partial charge < -0.3 is 15.0 Å². The van der Waals surface area contributed by atoms with E-state index < -0.39 is 0 Å². The van der Waals surface area contributed by atoms with Crippen LogP contribution in [-0.2, 0) is 4.74 Å². The monoisotopic (exact) mass is 158 g/mol. The molecular formula is C7H14N2O2. The van der Waals surface area contributed by atoms with Gasteiger partial charge in [0.2, 0.25) is 0 Å². The van der Waals surface area contributed by atoms with Gasteiger partial charge in [-0.15, -0.1) is 0 Å². The Morgan fingerprint density at radius 2 is 2.45 bits per heavy atom. The molecule has 64 valence electrons. The Morgan fingerprint density at radius 1 is 1.73 bits per heavy atom. The van der Waals surface area contributed by atoms with Crippen molar-refractivity contribution < 1.29 is 9.53 Å². The molecule has 1 saturated heterocycles. The fourth-order valence-electron chi connectivity index (χ4n) is 1.28. The van der Waals surface area contributed by atoms with Gasteiger partial charge in [0.1, 0.15) is 0 Å². The molecule has 1 atom stereocenters. The number of nitrogens with one attached hydrogen (secondary N) is 1. The SMILES string of the molecule is COC(=O)N[C@@H]1CCN(C)C1. The minimum Gasteiger partial charge on any atom is -0.453 e. The molecule has 0 unspecified atom stereocenters. The maximum Gasteiger partial charge on any atom is 0.407 e. The topological polar surface area (TPSA) is 41.6 Å². The van der Waals surface area contributed by atoms with Crippen molar-refractivity contribution in [3.63, 3.8) is 0 Å². The molecule has 0 bridgehead atoms. The summed E-state index contributed by atoms with van der Waals surface area (Å²) in [6, 6.07) is 0.271. The maximum absolute atomic E-state index is 10.7. The quantitative estimate of drug-likeness (QED) is 0.586. The summed E-state index contributed by atoms with van der Waals surface area (Å²) in [7, 11) is 3.42. The molecule has 1 N–H and O–H groups in total. The van der Waals surface area contributed by atoms with Gasteiger partial charge in [0.15, 0.2) is 0 Å². The van der Waals surface area contributed by atoms with Crippen molar-refractivity contribution in [2.75, 3.05) is 27.2 Å². The Kier molecular flexibility index (Phi) is 2.70. The Hall–Kier alpha value is -0.770. The molecule has 0 radical (unpaired) electrons. The molecule has 11 heavy (non-hydrogen) atoms. The van der Waals surface area contributed by atoms with E-state index in [0.717, 1.165) is 19.5 Å². The van der Waals surface area contributed by atoms with Gasteiger partial charge in [-0.3, -0.25) is 0 Å². The molecular weight excluding hydrogens is 144 g/mol. The normalized spacial score (nSPS) is 25.1. The molecule has 1 heterocycles. The Bertz CT molecular complexity index is 149. The zero-order chi connectivity index (χ0) is 8.27. The van der Waals surface area contributed by atoms with Crippen molar-refractivity contribution in [3.05, 3.63) is 0 Å². The molecule has 1 fully saturated rings. The summed E-state index contributed by atoms with van der Waals surface area (Å²) in [5.74, 6) is 0. The van der Waals surface area contributed by atoms with E-state index in [9.17, 15) is 4.79 Å². The highest BCUT2D eigenvalue weighted by atomic mass is 16.5. The van der Waals surface area contributed by atoms with Crippen molar-refractivity contribution in [1.29, 1.82) is 0 Å². The number of rotatable bonds is 1. The van der Waals surface area contributed by atoms with E-state index in [1.807, 2.05) is 7.05 Å². The van der Waals surface area contributed by atoms with Crippen LogP contribution in [0.1, 0.15) is 6.42 Å². The lowest BCUT2D eigenvalue weighted by atomic mass is 10.3. The average Bonchev–Trinajstić information content (AvgIpc) is 2.35. The van der Waals surface area contributed by atoms with Gasteiger partial charge in [0.25, 0.3) is 0 Å². The largest absolute Gasteiger partial charge is 0.453 e. The fraction of sp³-hybridized carbons (Fsp3) is 0.857. The Morgan fingerprint density at radius 3 is 2.91 bits per heavy atom. The number of amides is 1. The lowest BCUT2D eigenvalue weighted by Gasteiger charge is -2.10. The number of carbonyl (C=O) groups is 1. The summed E-state index contributed by atoms with van der Waals surface area (Å²) in [5.41, 5.74) is 0. The molecule has 0 saturated carbocycles. The van der Waals surface area contributed by atoms with Gasteiger partial charge in [-0.1, -0.05) is 0 Å². The van der Waals surface area contributed by atoms with Gasteiger partial charge in [0.05, 0.1) is 7.11 Å². The maximum atomic E-state index is 10.7. The van der Waals surface area contributed by atoms with Gasteiger partial charge >= 0.3 is 6.09 Å². The summed E-state index contributed by atoms with van der Waals surface area (Å²) in [5, 5.41) is 2.76. The first-order chi connectivity index (χ1) is 5.22. The Labute approximate surface area is 66.5 Å². The molecule has 0 aromatic rings. The van der Waals surface area contributed by atoms with Crippen LogP contribution < -0.4 is 5.32 Å². The second-order valence-electron chi connectivity index (χ2n) is 2.88. The first-order valence-electron chi connectivity index (χ1n) is 3.75. The summed E-state index contributed by atoms with van der Waals surface area (Å²) >= 11 is 0. The van der Waals surface area contributed by atoms with Crippen LogP contribution in [-0.4, -0.2) is 44.3 Å². The minimum absolute atomic E-state index is 0.271. The van der Waals surface area contributed by atoms with Gasteiger partial charge in [-0.05, 0) is 20.0 Å². The van der Waals surface area contributed by atoms with Crippen LogP contribution in [0.25, 0.3) is 0 Å². The molecule has 1 rings (SSSR count). The Balaban J connectivity index is 2.23. The number of hydrogen-bond donors (Lipinski definition) is 1. The van der Waals surface area contributed by atoms with Crippen molar-refractivity contribution in [3.8, 4) is 0 Å². The molecule has 0 spiro atoms. The summed E-state index contributed by atoms with van der Waals surface area (Å²) in [4.78, 5) is 12.9. The van der Waals surface area contributed by atoms with E-state index in [2.05, 4.69) is 15.0 Å². The van der Waals surface area contributed by atoms with Crippen molar-refractivity contribution in [1.82, 2.24) is 10.2 Å². The van der Waals surface area contributed by atoms with Gasteiger partial charge in [0, 0.05) is 12.6 Å². The predicted molar refractivity (Wildman–Crippen MR) is 41.4 cm³/mol. The molecule has 0 aliphatic carbocycles. The van der Waals surface area contributed by atoms with Crippen LogP contribution in [0.3, 0.4) is 0 Å². The van der Waals surface area contributed by atoms with E-state index in [0.29, 0.717) is 0 Å². The summed E-state index contributed by atoms with van der Waals surface area (Å²) < 4.78 is 4.48. The lowest BCUT2D eigenvalue weighted by Crippen LogP contribution is -2.36. The summed E-state index contributed by atoms with van der Waals surface area (Å²) in [6.07, 6.45) is 0.691. The van der Waals surface area contributed by atoms with Crippen LogP contribution >= 0.6 is 0 Å². The minimum atomic E-state index is -0.328. The highest BCUT2D eigenvalue weighted by Gasteiger charge is 2.20. The number of carbonyl (C=O) groups excluding carboxylic acids is 1. The lowest BCUT2D eigenvalue weighted by molar-refractivity contribution is 0.167. The van der Waals surface area contributed by atoms with Crippen LogP contribution in [0.15, 0.2) is 0 Å². The number of hydrogen-bond acceptors (Lipinski definition) is 3. The van der Waals surface area contributed by atoms with Crippen molar-refractivity contribution in [2.45, 2.75) is 12.5 Å². The molecule has 1 aliphatic heterocycles. The number of alkyl carbamates (subject to hydrolysis) is 1. The predicted octanol–water partition coefficient (Wildman–Crippen LogP) is 0.0465. The van der Waals surface area contributed by atoms with Crippen molar-refractivity contribution in [2.24, 2.45) is 0 Å². The van der Waals surface area contributed by atoms with Crippen LogP contribution in [0, 0.1) is 0 Å². The smallest absolute Gasteiger partial charge is 0.407 e. The molecule has 1 aliphatic rings. The highest BCUT2D eigenvalue weighted by molar-refractivity contribution is 5.67. The molecule has 4 nitrogen and oxygen atoms in total. The number of methoxy groups -OCH3 is 1. The molecule has 0 aromatic heterocycles. The highest BCUT2D eigenvalue weighted by Crippen LogP contribution is 2.05. The molecule has 1 amide bonds. The van der Waals surface area contributed by atoms with Crippen LogP contribution in [0.4, 0.5) is 4.79 Å². The average molecular weight is 158 g/mol. The number of nitrogens with zero attached hydrogens (tertiary/aromatic N) is 1. The zero-order valence-electron chi connectivity index (χ0n) is 6.96. The number of likely N-dealkylation sites (N-methyl/N-ethyl adjacent to an activating group) is 1.